The van der Waals surface area contributed by atoms with Gasteiger partial charge in [-0.1, -0.05) is 51.9 Å². The van der Waals surface area contributed by atoms with Crippen LogP contribution in [0.4, 0.5) is 0 Å². The van der Waals surface area contributed by atoms with Gasteiger partial charge in [0.25, 0.3) is 0 Å². The first-order valence-corrected chi connectivity index (χ1v) is 7.81. The Morgan fingerprint density at radius 1 is 0.941 bits per heavy atom. The van der Waals surface area contributed by atoms with E-state index >= 15 is 0 Å². The topological polar surface area (TPSA) is 52.6 Å². The van der Waals surface area contributed by atoms with Gasteiger partial charge in [0.2, 0.25) is 0 Å². The Morgan fingerprint density at radius 3 is 2.00 bits per heavy atom. The zero-order valence-electron chi connectivity index (χ0n) is 10.5. The second kappa shape index (κ2) is 7.58. The molecule has 100 valence electrons. The highest BCUT2D eigenvalue weighted by atomic mass is 32.3. The highest BCUT2D eigenvalue weighted by Crippen LogP contribution is 2.22. The van der Waals surface area contributed by atoms with Crippen LogP contribution >= 0.6 is 0 Å². The van der Waals surface area contributed by atoms with Gasteiger partial charge in [0.15, 0.2) is 0 Å². The molecule has 1 rings (SSSR count). The fourth-order valence-corrected chi connectivity index (χ4v) is 2.32. The van der Waals surface area contributed by atoms with Crippen LogP contribution in [0, 0.1) is 0 Å². The summed E-state index contributed by atoms with van der Waals surface area (Å²) in [7, 11) is -3.66. The summed E-state index contributed by atoms with van der Waals surface area (Å²) in [6, 6.07) is 0. The Hall–Kier alpha value is -0.710. The maximum absolute atomic E-state index is 10.5. The van der Waals surface area contributed by atoms with E-state index in [-0.39, 0.29) is 5.95 Å². The zero-order valence-corrected chi connectivity index (χ0v) is 11.3. The molecule has 0 atom stereocenters. The first kappa shape index (κ1) is 14.4. The highest BCUT2D eigenvalue weighted by Gasteiger charge is 2.31. The van der Waals surface area contributed by atoms with Crippen molar-refractivity contribution in [1.29, 1.82) is 0 Å². The summed E-state index contributed by atoms with van der Waals surface area (Å²) in [5.74, 6) is 0.132. The lowest BCUT2D eigenvalue weighted by atomic mass is 10.1. The predicted molar refractivity (Wildman–Crippen MR) is 66.4 cm³/mol. The molecule has 1 heterocycles. The van der Waals surface area contributed by atoms with Gasteiger partial charge in [0.05, 0.1) is 0 Å². The first-order valence-electron chi connectivity index (χ1n) is 6.48. The fourth-order valence-electron chi connectivity index (χ4n) is 1.77. The summed E-state index contributed by atoms with van der Waals surface area (Å²) in [6.45, 7) is 2.22. The summed E-state index contributed by atoms with van der Waals surface area (Å²) in [6.07, 6.45) is 12.6. The van der Waals surface area contributed by atoms with Crippen LogP contribution in [-0.2, 0) is 18.8 Å². The molecule has 0 aromatic carbocycles. The third-order valence-corrected chi connectivity index (χ3v) is 3.47. The molecule has 4 nitrogen and oxygen atoms in total. The molecule has 17 heavy (non-hydrogen) atoms. The average Bonchev–Trinajstić information content (AvgIpc) is 2.24. The van der Waals surface area contributed by atoms with Crippen LogP contribution in [-0.4, -0.2) is 8.42 Å². The standard InChI is InChI=1S/C12H22O4S/c1-2-3-4-5-6-7-8-9-10-11-12-15-17(13,14)16-12/h11H,2-10H2,1H3. The van der Waals surface area contributed by atoms with Crippen LogP contribution in [0.2, 0.25) is 0 Å². The van der Waals surface area contributed by atoms with Gasteiger partial charge in [-0.2, -0.15) is 0 Å². The lowest BCUT2D eigenvalue weighted by Gasteiger charge is -2.17. The van der Waals surface area contributed by atoms with Crippen LogP contribution in [0.1, 0.15) is 64.7 Å². The lowest BCUT2D eigenvalue weighted by Crippen LogP contribution is -2.21. The minimum absolute atomic E-state index is 0.132. The van der Waals surface area contributed by atoms with E-state index < -0.39 is 10.4 Å². The summed E-state index contributed by atoms with van der Waals surface area (Å²) in [4.78, 5) is 0. The first-order chi connectivity index (χ1) is 8.14. The van der Waals surface area contributed by atoms with Gasteiger partial charge < -0.3 is 8.37 Å². The Labute approximate surface area is 104 Å². The van der Waals surface area contributed by atoms with Crippen LogP contribution in [0.3, 0.4) is 0 Å². The molecule has 1 aliphatic rings. The van der Waals surface area contributed by atoms with E-state index in [0.29, 0.717) is 0 Å². The molecule has 1 fully saturated rings. The second-order valence-corrected chi connectivity index (χ2v) is 5.51. The molecule has 0 aromatic heterocycles. The van der Waals surface area contributed by atoms with Crippen molar-refractivity contribution in [2.24, 2.45) is 0 Å². The van der Waals surface area contributed by atoms with Crippen molar-refractivity contribution in [2.75, 3.05) is 0 Å². The second-order valence-electron chi connectivity index (χ2n) is 4.36. The summed E-state index contributed by atoms with van der Waals surface area (Å²) >= 11 is 0. The Bertz CT molecular complexity index is 318. The minimum Gasteiger partial charge on any atom is -0.315 e. The van der Waals surface area contributed by atoms with Crippen LogP contribution in [0.25, 0.3) is 0 Å². The number of unbranched alkanes of at least 4 members (excludes halogenated alkanes) is 8. The predicted octanol–water partition coefficient (Wildman–Crippen LogP) is 3.65. The summed E-state index contributed by atoms with van der Waals surface area (Å²) in [5, 5.41) is 0. The van der Waals surface area contributed by atoms with E-state index in [1.807, 2.05) is 0 Å². The van der Waals surface area contributed by atoms with Crippen LogP contribution in [0.5, 0.6) is 0 Å². The van der Waals surface area contributed by atoms with E-state index in [4.69, 9.17) is 0 Å². The van der Waals surface area contributed by atoms with E-state index in [1.165, 1.54) is 44.9 Å². The van der Waals surface area contributed by atoms with Crippen molar-refractivity contribution in [3.05, 3.63) is 12.0 Å². The van der Waals surface area contributed by atoms with Gasteiger partial charge in [-0.15, -0.1) is 8.42 Å². The molecule has 0 radical (unpaired) electrons. The SMILES string of the molecule is CCCCCCCCCCC=C1OS(=O)(=O)O1. The van der Waals surface area contributed by atoms with Gasteiger partial charge in [-0.25, -0.2) is 0 Å². The van der Waals surface area contributed by atoms with Crippen molar-refractivity contribution in [2.45, 2.75) is 64.7 Å². The fraction of sp³-hybridized carbons (Fsp3) is 0.833. The summed E-state index contributed by atoms with van der Waals surface area (Å²) in [5.41, 5.74) is 0. The third kappa shape index (κ3) is 6.56. The smallest absolute Gasteiger partial charge is 0.315 e. The maximum atomic E-state index is 10.5. The highest BCUT2D eigenvalue weighted by molar-refractivity contribution is 7.83. The number of rotatable bonds is 9. The minimum atomic E-state index is -3.66. The normalized spacial score (nSPS) is 16.9. The Kier molecular flexibility index (Phi) is 6.40. The molecule has 0 amide bonds. The Morgan fingerprint density at radius 2 is 1.47 bits per heavy atom. The zero-order chi connectivity index (χ0) is 12.6. The molecule has 0 bridgehead atoms. The van der Waals surface area contributed by atoms with Crippen molar-refractivity contribution < 1.29 is 16.8 Å². The largest absolute Gasteiger partial charge is 0.506 e. The number of allylic oxidation sites excluding steroid dienone is 1. The van der Waals surface area contributed by atoms with Crippen LogP contribution < -0.4 is 0 Å². The lowest BCUT2D eigenvalue weighted by molar-refractivity contribution is 0.118. The van der Waals surface area contributed by atoms with Crippen molar-refractivity contribution in [3.8, 4) is 0 Å². The van der Waals surface area contributed by atoms with Crippen molar-refractivity contribution in [1.82, 2.24) is 0 Å². The molecule has 1 saturated heterocycles. The molecule has 5 heteroatoms. The van der Waals surface area contributed by atoms with Gasteiger partial charge in [0, 0.05) is 0 Å². The molecule has 0 aromatic rings. The molecule has 0 aliphatic carbocycles. The molecular formula is C12H22O4S. The number of hydrogen-bond donors (Lipinski definition) is 0. The van der Waals surface area contributed by atoms with Crippen molar-refractivity contribution >= 4 is 10.4 Å². The van der Waals surface area contributed by atoms with Gasteiger partial charge >= 0.3 is 16.3 Å². The Balaban J connectivity index is 1.85. The van der Waals surface area contributed by atoms with Crippen molar-refractivity contribution in [3.63, 3.8) is 0 Å². The van der Waals surface area contributed by atoms with E-state index in [9.17, 15) is 8.42 Å². The van der Waals surface area contributed by atoms with Gasteiger partial charge in [0.1, 0.15) is 0 Å². The quantitative estimate of drug-likeness (QED) is 0.595. The number of hydrogen-bond acceptors (Lipinski definition) is 4. The van der Waals surface area contributed by atoms with E-state index in [1.54, 1.807) is 6.08 Å². The van der Waals surface area contributed by atoms with E-state index in [0.717, 1.165) is 12.8 Å². The van der Waals surface area contributed by atoms with E-state index in [2.05, 4.69) is 15.3 Å². The monoisotopic (exact) mass is 262 g/mol. The molecule has 0 N–H and O–H groups in total. The van der Waals surface area contributed by atoms with Gasteiger partial charge in [-0.3, -0.25) is 0 Å². The summed E-state index contributed by atoms with van der Waals surface area (Å²) < 4.78 is 29.8. The molecular weight excluding hydrogens is 240 g/mol. The maximum Gasteiger partial charge on any atom is 0.506 e. The molecule has 0 unspecified atom stereocenters. The molecule has 0 saturated carbocycles. The molecule has 1 aliphatic heterocycles. The van der Waals surface area contributed by atoms with Gasteiger partial charge in [-0.05, 0) is 18.9 Å². The van der Waals surface area contributed by atoms with Crippen LogP contribution in [0.15, 0.2) is 12.0 Å². The third-order valence-electron chi connectivity index (χ3n) is 2.74. The molecule has 0 spiro atoms. The average molecular weight is 262 g/mol.